The Morgan fingerprint density at radius 2 is 1.44 bits per heavy atom. The summed E-state index contributed by atoms with van der Waals surface area (Å²) in [6, 6.07) is 2.74. The number of hydrogen-bond donors (Lipinski definition) is 2. The lowest BCUT2D eigenvalue weighted by Crippen LogP contribution is -2.37. The lowest BCUT2D eigenvalue weighted by atomic mass is 10.2. The van der Waals surface area contributed by atoms with Crippen molar-refractivity contribution in [3.63, 3.8) is 0 Å². The van der Waals surface area contributed by atoms with Gasteiger partial charge in [-0.25, -0.2) is 0 Å². The van der Waals surface area contributed by atoms with Gasteiger partial charge in [-0.3, -0.25) is 4.79 Å². The maximum Gasteiger partial charge on any atom is 0.422 e. The Morgan fingerprint density at radius 3 is 1.81 bits per heavy atom. The number of halogens is 7. The fourth-order valence-electron chi connectivity index (χ4n) is 1.65. The molecule has 156 valence electrons. The van der Waals surface area contributed by atoms with Crippen molar-refractivity contribution < 1.29 is 40.6 Å². The number of ether oxygens (including phenoxy) is 2. The zero-order valence-corrected chi connectivity index (χ0v) is 15.1. The molecule has 1 unspecified atom stereocenters. The van der Waals surface area contributed by atoms with Crippen LogP contribution in [0.25, 0.3) is 0 Å². The van der Waals surface area contributed by atoms with Crippen LogP contribution in [-0.4, -0.2) is 51.1 Å². The van der Waals surface area contributed by atoms with E-state index in [1.54, 1.807) is 14.0 Å². The van der Waals surface area contributed by atoms with E-state index < -0.39 is 43.0 Å². The molecule has 1 atom stereocenters. The van der Waals surface area contributed by atoms with E-state index in [9.17, 15) is 31.1 Å². The lowest BCUT2D eigenvalue weighted by molar-refractivity contribution is -0.153. The highest BCUT2D eigenvalue weighted by Gasteiger charge is 2.30. The number of rotatable bonds is 8. The number of likely N-dealkylation sites (N-methyl/N-ethyl adjacent to an activating group) is 1. The second kappa shape index (κ2) is 10.5. The van der Waals surface area contributed by atoms with E-state index in [-0.39, 0.29) is 30.6 Å². The molecule has 1 amide bonds. The summed E-state index contributed by atoms with van der Waals surface area (Å²) in [4.78, 5) is 12.1. The maximum absolute atomic E-state index is 12.3. The van der Waals surface area contributed by atoms with Crippen LogP contribution in [0.5, 0.6) is 11.5 Å². The van der Waals surface area contributed by atoms with Gasteiger partial charge >= 0.3 is 12.4 Å². The number of hydrogen-bond acceptors (Lipinski definition) is 4. The van der Waals surface area contributed by atoms with Crippen molar-refractivity contribution in [2.45, 2.75) is 25.3 Å². The van der Waals surface area contributed by atoms with Gasteiger partial charge in [-0.05, 0) is 26.1 Å². The largest absolute Gasteiger partial charge is 0.484 e. The summed E-state index contributed by atoms with van der Waals surface area (Å²) in [5, 5.41) is 5.35. The fourth-order valence-corrected chi connectivity index (χ4v) is 1.65. The average Bonchev–Trinajstić information content (AvgIpc) is 2.54. The first kappa shape index (κ1) is 25.1. The molecule has 0 aliphatic heterocycles. The highest BCUT2D eigenvalue weighted by Crippen LogP contribution is 2.27. The summed E-state index contributed by atoms with van der Waals surface area (Å²) in [5.74, 6) is -1.57. The molecule has 2 N–H and O–H groups in total. The summed E-state index contributed by atoms with van der Waals surface area (Å²) in [7, 11) is 1.66. The van der Waals surface area contributed by atoms with Crippen LogP contribution < -0.4 is 20.1 Å². The minimum absolute atomic E-state index is 0. The molecule has 0 aliphatic rings. The Balaban J connectivity index is 0.00000676. The first-order valence-corrected chi connectivity index (χ1v) is 7.39. The predicted molar refractivity (Wildman–Crippen MR) is 87.6 cm³/mol. The molecule has 12 heteroatoms. The number of carbonyl (C=O) groups is 1. The Morgan fingerprint density at radius 1 is 1.00 bits per heavy atom. The molecular formula is C15H19ClF6N2O3. The van der Waals surface area contributed by atoms with Gasteiger partial charge in [0.1, 0.15) is 11.5 Å². The average molecular weight is 425 g/mol. The van der Waals surface area contributed by atoms with Crippen molar-refractivity contribution in [1.29, 1.82) is 0 Å². The van der Waals surface area contributed by atoms with E-state index in [1.807, 2.05) is 0 Å². The van der Waals surface area contributed by atoms with Crippen molar-refractivity contribution >= 4 is 18.3 Å². The van der Waals surface area contributed by atoms with Gasteiger partial charge in [-0.15, -0.1) is 12.4 Å². The molecule has 0 bridgehead atoms. The van der Waals surface area contributed by atoms with Gasteiger partial charge < -0.3 is 20.1 Å². The summed E-state index contributed by atoms with van der Waals surface area (Å²) in [6.07, 6.45) is -9.29. The Hall–Kier alpha value is -1.88. The quantitative estimate of drug-likeness (QED) is 0.629. The van der Waals surface area contributed by atoms with Gasteiger partial charge in [-0.1, -0.05) is 0 Å². The van der Waals surface area contributed by atoms with Crippen LogP contribution in [-0.2, 0) is 0 Å². The SMILES string of the molecule is CNC(C)CNC(=O)c1cc(OCC(F)(F)F)cc(OCC(F)(F)F)c1.Cl. The maximum atomic E-state index is 12.3. The summed E-state index contributed by atoms with van der Waals surface area (Å²) >= 11 is 0. The van der Waals surface area contributed by atoms with Crippen molar-refractivity contribution in [2.24, 2.45) is 0 Å². The molecule has 5 nitrogen and oxygen atoms in total. The van der Waals surface area contributed by atoms with Crippen molar-refractivity contribution in [3.8, 4) is 11.5 Å². The molecule has 1 aromatic carbocycles. The Kier molecular flexibility index (Phi) is 9.73. The van der Waals surface area contributed by atoms with Gasteiger partial charge in [0.2, 0.25) is 0 Å². The van der Waals surface area contributed by atoms with E-state index in [1.165, 1.54) is 0 Å². The monoisotopic (exact) mass is 424 g/mol. The lowest BCUT2D eigenvalue weighted by Gasteiger charge is -2.15. The summed E-state index contributed by atoms with van der Waals surface area (Å²) in [5.41, 5.74) is -0.190. The van der Waals surface area contributed by atoms with Crippen LogP contribution >= 0.6 is 12.4 Å². The number of carbonyl (C=O) groups excluding carboxylic acids is 1. The Labute approximate surface area is 157 Å². The normalized spacial score (nSPS) is 12.7. The van der Waals surface area contributed by atoms with Crippen LogP contribution in [0.15, 0.2) is 18.2 Å². The first-order chi connectivity index (χ1) is 11.9. The van der Waals surface area contributed by atoms with Gasteiger partial charge in [0.25, 0.3) is 5.91 Å². The minimum Gasteiger partial charge on any atom is -0.484 e. The van der Waals surface area contributed by atoms with E-state index >= 15 is 0 Å². The Bertz CT molecular complexity index is 574. The molecule has 0 heterocycles. The third-order valence-corrected chi connectivity index (χ3v) is 3.01. The van der Waals surface area contributed by atoms with Crippen molar-refractivity contribution in [2.75, 3.05) is 26.8 Å². The molecule has 0 fully saturated rings. The first-order valence-electron chi connectivity index (χ1n) is 7.39. The van der Waals surface area contributed by atoms with Crippen LogP contribution in [0.3, 0.4) is 0 Å². The van der Waals surface area contributed by atoms with Crippen LogP contribution in [0.2, 0.25) is 0 Å². The number of alkyl halides is 6. The van der Waals surface area contributed by atoms with Crippen molar-refractivity contribution in [1.82, 2.24) is 10.6 Å². The smallest absolute Gasteiger partial charge is 0.422 e. The highest BCUT2D eigenvalue weighted by molar-refractivity contribution is 5.95. The van der Waals surface area contributed by atoms with Crippen LogP contribution in [0.1, 0.15) is 17.3 Å². The summed E-state index contributed by atoms with van der Waals surface area (Å²) < 4.78 is 82.6. The van der Waals surface area contributed by atoms with Gasteiger partial charge in [0.15, 0.2) is 13.2 Å². The molecule has 0 radical (unpaired) electrons. The molecule has 0 aliphatic carbocycles. The molecule has 0 spiro atoms. The van der Waals surface area contributed by atoms with Crippen LogP contribution in [0.4, 0.5) is 26.3 Å². The number of benzene rings is 1. The molecule has 27 heavy (non-hydrogen) atoms. The van der Waals surface area contributed by atoms with E-state index in [0.29, 0.717) is 0 Å². The number of nitrogens with one attached hydrogen (secondary N) is 2. The second-order valence-electron chi connectivity index (χ2n) is 5.40. The topological polar surface area (TPSA) is 59.6 Å². The van der Waals surface area contributed by atoms with Gasteiger partial charge in [0.05, 0.1) is 0 Å². The minimum atomic E-state index is -4.65. The molecule has 0 aromatic heterocycles. The van der Waals surface area contributed by atoms with E-state index in [2.05, 4.69) is 20.1 Å². The second-order valence-corrected chi connectivity index (χ2v) is 5.40. The van der Waals surface area contributed by atoms with E-state index in [4.69, 9.17) is 0 Å². The predicted octanol–water partition coefficient (Wildman–Crippen LogP) is 3.33. The zero-order valence-electron chi connectivity index (χ0n) is 14.3. The molecule has 1 aromatic rings. The van der Waals surface area contributed by atoms with Crippen LogP contribution in [0, 0.1) is 0 Å². The third-order valence-electron chi connectivity index (χ3n) is 3.01. The molecule has 0 saturated carbocycles. The third kappa shape index (κ3) is 10.8. The molecule has 1 rings (SSSR count). The highest BCUT2D eigenvalue weighted by atomic mass is 35.5. The number of amides is 1. The summed E-state index contributed by atoms with van der Waals surface area (Å²) in [6.45, 7) is -1.36. The zero-order chi connectivity index (χ0) is 20.0. The van der Waals surface area contributed by atoms with Gasteiger partial charge in [0, 0.05) is 24.2 Å². The van der Waals surface area contributed by atoms with E-state index in [0.717, 1.165) is 18.2 Å². The van der Waals surface area contributed by atoms with Gasteiger partial charge in [-0.2, -0.15) is 26.3 Å². The van der Waals surface area contributed by atoms with Crippen molar-refractivity contribution in [3.05, 3.63) is 23.8 Å². The molecular weight excluding hydrogens is 406 g/mol. The fraction of sp³-hybridized carbons (Fsp3) is 0.533. The molecule has 0 saturated heterocycles. The standard InChI is InChI=1S/C15H18F6N2O3.ClH/c1-9(22-2)6-23-13(24)10-3-11(25-7-14(16,17)18)5-12(4-10)26-8-15(19,20)21;/h3-5,9,22H,6-8H2,1-2H3,(H,23,24);1H.